The van der Waals surface area contributed by atoms with Gasteiger partial charge in [-0.05, 0) is 51.3 Å². The lowest BCUT2D eigenvalue weighted by molar-refractivity contribution is -0.119. The van der Waals surface area contributed by atoms with Crippen molar-refractivity contribution in [3.05, 3.63) is 48.7 Å². The molecule has 6 rings (SSSR count). The number of nitrogens with one attached hydrogen (secondary N) is 2. The minimum absolute atomic E-state index is 0.118. The van der Waals surface area contributed by atoms with Gasteiger partial charge in [-0.2, -0.15) is 4.39 Å². The van der Waals surface area contributed by atoms with Gasteiger partial charge in [0.1, 0.15) is 11.3 Å². The van der Waals surface area contributed by atoms with Crippen LogP contribution in [0.1, 0.15) is 45.6 Å². The zero-order valence-corrected chi connectivity index (χ0v) is 19.9. The SMILES string of the molecule is CC(C)n1ccc2ccc3cnc(Nc4ccc(N5CCC6(CCC(=O)N6)CC5)c(F)n4)nc3c21. The van der Waals surface area contributed by atoms with Crippen molar-refractivity contribution in [2.75, 3.05) is 23.3 Å². The van der Waals surface area contributed by atoms with Crippen LogP contribution in [-0.4, -0.2) is 44.1 Å². The van der Waals surface area contributed by atoms with E-state index in [2.05, 4.69) is 57.3 Å². The molecule has 4 aromatic rings. The molecule has 1 amide bonds. The number of amides is 1. The molecule has 0 atom stereocenters. The molecule has 1 spiro atoms. The van der Waals surface area contributed by atoms with Crippen LogP contribution < -0.4 is 15.5 Å². The molecule has 35 heavy (non-hydrogen) atoms. The van der Waals surface area contributed by atoms with Crippen LogP contribution in [0, 0.1) is 5.95 Å². The molecule has 2 fully saturated rings. The van der Waals surface area contributed by atoms with Gasteiger partial charge in [-0.25, -0.2) is 15.0 Å². The third kappa shape index (κ3) is 3.84. The van der Waals surface area contributed by atoms with Crippen LogP contribution >= 0.6 is 0 Å². The van der Waals surface area contributed by atoms with E-state index in [1.807, 2.05) is 11.0 Å². The van der Waals surface area contributed by atoms with E-state index in [1.165, 1.54) is 0 Å². The zero-order valence-electron chi connectivity index (χ0n) is 19.9. The van der Waals surface area contributed by atoms with Crippen LogP contribution in [0.2, 0.25) is 0 Å². The molecule has 0 bridgehead atoms. The second-order valence-corrected chi connectivity index (χ2v) is 9.90. The fourth-order valence-corrected chi connectivity index (χ4v) is 5.40. The van der Waals surface area contributed by atoms with Crippen molar-refractivity contribution in [3.63, 3.8) is 0 Å². The van der Waals surface area contributed by atoms with Crippen molar-refractivity contribution < 1.29 is 9.18 Å². The summed E-state index contributed by atoms with van der Waals surface area (Å²) < 4.78 is 17.2. The number of carbonyl (C=O) groups excluding carboxylic acids is 1. The molecule has 2 aliphatic heterocycles. The van der Waals surface area contributed by atoms with Gasteiger partial charge in [0, 0.05) is 54.3 Å². The maximum absolute atomic E-state index is 15.0. The van der Waals surface area contributed by atoms with Gasteiger partial charge in [-0.3, -0.25) is 4.79 Å². The summed E-state index contributed by atoms with van der Waals surface area (Å²) in [6, 6.07) is 9.97. The maximum Gasteiger partial charge on any atom is 0.238 e. The fraction of sp³-hybridized carbons (Fsp3) is 0.385. The van der Waals surface area contributed by atoms with Crippen molar-refractivity contribution >= 4 is 45.2 Å². The number of rotatable bonds is 4. The van der Waals surface area contributed by atoms with Crippen LogP contribution in [-0.2, 0) is 4.79 Å². The van der Waals surface area contributed by atoms with E-state index in [1.54, 1.807) is 18.3 Å². The lowest BCUT2D eigenvalue weighted by Gasteiger charge is -2.40. The topological polar surface area (TPSA) is 88.0 Å². The molecular formula is C26H28FN7O. The average Bonchev–Trinajstić information content (AvgIpc) is 3.44. The van der Waals surface area contributed by atoms with Crippen molar-refractivity contribution in [1.29, 1.82) is 0 Å². The molecule has 3 aromatic heterocycles. The summed E-state index contributed by atoms with van der Waals surface area (Å²) in [5, 5.41) is 8.25. The first-order chi connectivity index (χ1) is 16.9. The van der Waals surface area contributed by atoms with Gasteiger partial charge in [0.15, 0.2) is 0 Å². The summed E-state index contributed by atoms with van der Waals surface area (Å²) in [5.41, 5.74) is 2.26. The first-order valence-electron chi connectivity index (χ1n) is 12.2. The number of halogens is 1. The molecule has 2 saturated heterocycles. The third-order valence-electron chi connectivity index (χ3n) is 7.35. The summed E-state index contributed by atoms with van der Waals surface area (Å²) in [6.07, 6.45) is 6.93. The number of benzene rings is 1. The molecule has 1 aromatic carbocycles. The quantitative estimate of drug-likeness (QED) is 0.418. The Morgan fingerprint density at radius 2 is 1.86 bits per heavy atom. The molecule has 9 heteroatoms. The summed E-state index contributed by atoms with van der Waals surface area (Å²) in [6.45, 7) is 5.65. The van der Waals surface area contributed by atoms with Gasteiger partial charge in [0.2, 0.25) is 17.8 Å². The van der Waals surface area contributed by atoms with Crippen molar-refractivity contribution in [3.8, 4) is 0 Å². The molecule has 0 aliphatic carbocycles. The first kappa shape index (κ1) is 21.8. The number of anilines is 3. The summed E-state index contributed by atoms with van der Waals surface area (Å²) in [5.74, 6) is 0.320. The molecule has 8 nitrogen and oxygen atoms in total. The van der Waals surface area contributed by atoms with Gasteiger partial charge < -0.3 is 20.1 Å². The van der Waals surface area contributed by atoms with Gasteiger partial charge in [0.05, 0.1) is 11.2 Å². The largest absolute Gasteiger partial charge is 0.368 e. The van der Waals surface area contributed by atoms with Gasteiger partial charge in [-0.15, -0.1) is 0 Å². The minimum Gasteiger partial charge on any atom is -0.368 e. The molecule has 0 radical (unpaired) electrons. The minimum atomic E-state index is -0.529. The van der Waals surface area contributed by atoms with E-state index >= 15 is 4.39 Å². The molecule has 2 aliphatic rings. The predicted octanol–water partition coefficient (Wildman–Crippen LogP) is 4.69. The van der Waals surface area contributed by atoms with Crippen LogP contribution in [0.5, 0.6) is 0 Å². The van der Waals surface area contributed by atoms with Crippen LogP contribution in [0.3, 0.4) is 0 Å². The smallest absolute Gasteiger partial charge is 0.238 e. The molecule has 180 valence electrons. The Bertz CT molecular complexity index is 1440. The van der Waals surface area contributed by atoms with E-state index in [-0.39, 0.29) is 11.4 Å². The average molecular weight is 474 g/mol. The Hall–Kier alpha value is -3.75. The van der Waals surface area contributed by atoms with Crippen molar-refractivity contribution in [2.45, 2.75) is 51.1 Å². The molecule has 0 unspecified atom stereocenters. The standard InChI is InChI=1S/C26H28FN7O/c1-16(2)34-12-8-17-3-4-18-15-28-25(31-22(18)23(17)34)30-20-6-5-19(24(27)29-20)33-13-10-26(11-14-33)9-7-21(35)32-26/h3-6,8,12,15-16H,7,9-11,13-14H2,1-2H3,(H,32,35)(H,28,29,30,31). The first-order valence-corrected chi connectivity index (χ1v) is 12.2. The Balaban J connectivity index is 1.23. The number of piperidine rings is 1. The lowest BCUT2D eigenvalue weighted by atomic mass is 9.86. The van der Waals surface area contributed by atoms with Crippen LogP contribution in [0.4, 0.5) is 21.8 Å². The highest BCUT2D eigenvalue weighted by Crippen LogP contribution is 2.34. The number of nitrogens with zero attached hydrogens (tertiary/aromatic N) is 5. The second kappa shape index (κ2) is 8.18. The molecular weight excluding hydrogens is 445 g/mol. The van der Waals surface area contributed by atoms with Crippen molar-refractivity contribution in [2.24, 2.45) is 0 Å². The van der Waals surface area contributed by atoms with Crippen LogP contribution in [0.15, 0.2) is 42.7 Å². The van der Waals surface area contributed by atoms with Crippen molar-refractivity contribution in [1.82, 2.24) is 24.8 Å². The second-order valence-electron chi connectivity index (χ2n) is 9.90. The van der Waals surface area contributed by atoms with Gasteiger partial charge >= 0.3 is 0 Å². The number of aromatic nitrogens is 4. The summed E-state index contributed by atoms with van der Waals surface area (Å²) in [7, 11) is 0. The number of carbonyl (C=O) groups is 1. The van der Waals surface area contributed by atoms with Gasteiger partial charge in [-0.1, -0.05) is 12.1 Å². The monoisotopic (exact) mass is 473 g/mol. The fourth-order valence-electron chi connectivity index (χ4n) is 5.40. The van der Waals surface area contributed by atoms with E-state index in [4.69, 9.17) is 4.98 Å². The lowest BCUT2D eigenvalue weighted by Crippen LogP contribution is -2.51. The predicted molar refractivity (Wildman–Crippen MR) is 134 cm³/mol. The highest BCUT2D eigenvalue weighted by Gasteiger charge is 2.40. The Morgan fingerprint density at radius 3 is 2.57 bits per heavy atom. The maximum atomic E-state index is 15.0. The Labute approximate surface area is 202 Å². The normalized spacial score (nSPS) is 17.6. The Morgan fingerprint density at radius 1 is 1.06 bits per heavy atom. The number of pyridine rings is 1. The molecule has 5 heterocycles. The number of hydrogen-bond acceptors (Lipinski definition) is 6. The third-order valence-corrected chi connectivity index (χ3v) is 7.35. The Kier molecular flexibility index (Phi) is 5.09. The molecule has 2 N–H and O–H groups in total. The number of fused-ring (bicyclic) bond motifs is 3. The van der Waals surface area contributed by atoms with E-state index in [0.29, 0.717) is 43.0 Å². The van der Waals surface area contributed by atoms with E-state index in [9.17, 15) is 4.79 Å². The summed E-state index contributed by atoms with van der Waals surface area (Å²) in [4.78, 5) is 27.0. The highest BCUT2D eigenvalue weighted by molar-refractivity contribution is 6.03. The summed E-state index contributed by atoms with van der Waals surface area (Å²) >= 11 is 0. The number of hydrogen-bond donors (Lipinski definition) is 2. The molecule has 0 saturated carbocycles. The van der Waals surface area contributed by atoms with E-state index in [0.717, 1.165) is 41.1 Å². The van der Waals surface area contributed by atoms with Gasteiger partial charge in [0.25, 0.3) is 0 Å². The zero-order chi connectivity index (χ0) is 24.2. The highest BCUT2D eigenvalue weighted by atomic mass is 19.1. The van der Waals surface area contributed by atoms with Crippen LogP contribution in [0.25, 0.3) is 21.8 Å². The van der Waals surface area contributed by atoms with E-state index < -0.39 is 5.95 Å².